The molecule has 0 aliphatic heterocycles. The van der Waals surface area contributed by atoms with Gasteiger partial charge in [-0.25, -0.2) is 4.98 Å². The number of hydrogen-bond donors (Lipinski definition) is 1. The highest BCUT2D eigenvalue weighted by Gasteiger charge is 2.06. The Labute approximate surface area is 113 Å². The number of esters is 1. The van der Waals surface area contributed by atoms with Crippen LogP contribution in [0.3, 0.4) is 0 Å². The fourth-order valence-corrected chi connectivity index (χ4v) is 1.60. The number of rotatable bonds is 9. The average molecular weight is 267 g/mol. The first-order valence-corrected chi connectivity index (χ1v) is 6.60. The van der Waals surface area contributed by atoms with Gasteiger partial charge in [-0.2, -0.15) is 0 Å². The molecule has 6 heteroatoms. The topological polar surface area (TPSA) is 73.2 Å². The molecule has 0 saturated heterocycles. The van der Waals surface area contributed by atoms with Gasteiger partial charge < -0.3 is 14.6 Å². The molecular weight excluding hydrogens is 246 g/mol. The van der Waals surface area contributed by atoms with Crippen LogP contribution in [-0.2, 0) is 20.9 Å². The lowest BCUT2D eigenvalue weighted by atomic mass is 10.2. The van der Waals surface area contributed by atoms with Crippen molar-refractivity contribution < 1.29 is 14.3 Å². The Bertz CT molecular complexity index is 376. The molecule has 0 aromatic carbocycles. The normalized spacial score (nSPS) is 10.2. The zero-order valence-electron chi connectivity index (χ0n) is 11.3. The van der Waals surface area contributed by atoms with Crippen molar-refractivity contribution in [1.29, 1.82) is 0 Å². The Balaban J connectivity index is 1.96. The maximum Gasteiger partial charge on any atom is 0.306 e. The highest BCUT2D eigenvalue weighted by atomic mass is 16.5. The van der Waals surface area contributed by atoms with E-state index in [9.17, 15) is 9.59 Å². The summed E-state index contributed by atoms with van der Waals surface area (Å²) < 4.78 is 6.75. The van der Waals surface area contributed by atoms with Gasteiger partial charge in [-0.05, 0) is 19.8 Å². The summed E-state index contributed by atoms with van der Waals surface area (Å²) in [5.74, 6) is -0.423. The number of amides is 1. The molecule has 0 fully saturated rings. The average Bonchev–Trinajstić information content (AvgIpc) is 2.89. The molecule has 106 valence electrons. The summed E-state index contributed by atoms with van der Waals surface area (Å²) in [7, 11) is 0. The minimum absolute atomic E-state index is 0.101. The number of aryl methyl sites for hydroxylation is 1. The summed E-state index contributed by atoms with van der Waals surface area (Å²) >= 11 is 0. The molecule has 0 atom stereocenters. The van der Waals surface area contributed by atoms with Crippen molar-refractivity contribution in [1.82, 2.24) is 14.9 Å². The summed E-state index contributed by atoms with van der Waals surface area (Å²) in [5, 5.41) is 2.79. The van der Waals surface area contributed by atoms with Gasteiger partial charge in [-0.3, -0.25) is 9.59 Å². The van der Waals surface area contributed by atoms with Gasteiger partial charge in [-0.15, -0.1) is 0 Å². The summed E-state index contributed by atoms with van der Waals surface area (Å²) in [6, 6.07) is 0. The van der Waals surface area contributed by atoms with Crippen molar-refractivity contribution in [3.8, 4) is 0 Å². The van der Waals surface area contributed by atoms with E-state index in [-0.39, 0.29) is 24.7 Å². The molecule has 0 bridgehead atoms. The smallest absolute Gasteiger partial charge is 0.306 e. The van der Waals surface area contributed by atoms with Gasteiger partial charge in [0.25, 0.3) is 0 Å². The van der Waals surface area contributed by atoms with Crippen molar-refractivity contribution in [3.63, 3.8) is 0 Å². The monoisotopic (exact) mass is 267 g/mol. The van der Waals surface area contributed by atoms with Crippen molar-refractivity contribution in [2.24, 2.45) is 0 Å². The fraction of sp³-hybridized carbons (Fsp3) is 0.615. The Hall–Kier alpha value is -1.85. The van der Waals surface area contributed by atoms with Gasteiger partial charge in [-0.1, -0.05) is 0 Å². The Morgan fingerprint density at radius 3 is 2.84 bits per heavy atom. The summed E-state index contributed by atoms with van der Waals surface area (Å²) in [4.78, 5) is 26.4. The number of nitrogens with zero attached hydrogens (tertiary/aromatic N) is 2. The number of nitrogens with one attached hydrogen (secondary N) is 1. The number of hydrogen-bond acceptors (Lipinski definition) is 4. The zero-order valence-corrected chi connectivity index (χ0v) is 11.3. The van der Waals surface area contributed by atoms with E-state index in [1.54, 1.807) is 19.4 Å². The van der Waals surface area contributed by atoms with E-state index in [0.29, 0.717) is 13.2 Å². The molecule has 1 N–H and O–H groups in total. The van der Waals surface area contributed by atoms with E-state index in [0.717, 1.165) is 19.4 Å². The van der Waals surface area contributed by atoms with Crippen LogP contribution in [0.15, 0.2) is 18.7 Å². The second-order valence-electron chi connectivity index (χ2n) is 4.16. The molecule has 1 aromatic rings. The highest BCUT2D eigenvalue weighted by molar-refractivity contribution is 5.81. The number of carbonyl (C=O) groups is 2. The maximum atomic E-state index is 11.4. The quantitative estimate of drug-likeness (QED) is 0.537. The molecule has 1 heterocycles. The molecule has 1 amide bonds. The number of aromatic nitrogens is 2. The van der Waals surface area contributed by atoms with Crippen LogP contribution < -0.4 is 5.32 Å². The van der Waals surface area contributed by atoms with E-state index in [4.69, 9.17) is 4.74 Å². The molecule has 0 aliphatic rings. The molecule has 1 aromatic heterocycles. The van der Waals surface area contributed by atoms with Crippen LogP contribution in [0.25, 0.3) is 0 Å². The van der Waals surface area contributed by atoms with Gasteiger partial charge in [0.05, 0.1) is 19.4 Å². The third-order valence-electron chi connectivity index (χ3n) is 2.59. The lowest BCUT2D eigenvalue weighted by molar-refractivity contribution is -0.144. The third-order valence-corrected chi connectivity index (χ3v) is 2.59. The van der Waals surface area contributed by atoms with E-state index in [2.05, 4.69) is 10.3 Å². The molecule has 19 heavy (non-hydrogen) atoms. The first-order chi connectivity index (χ1) is 9.22. The van der Waals surface area contributed by atoms with Crippen LogP contribution in [0, 0.1) is 0 Å². The van der Waals surface area contributed by atoms with Gasteiger partial charge in [0, 0.05) is 31.9 Å². The second kappa shape index (κ2) is 9.13. The predicted octanol–water partition coefficient (Wildman–Crippen LogP) is 1.12. The predicted molar refractivity (Wildman–Crippen MR) is 70.3 cm³/mol. The van der Waals surface area contributed by atoms with Gasteiger partial charge in [0.1, 0.15) is 0 Å². The van der Waals surface area contributed by atoms with Crippen LogP contribution in [-0.4, -0.2) is 34.6 Å². The standard InChI is InChI=1S/C13H21N3O3/c1-2-19-13(18)6-5-12(17)15-7-3-4-9-16-10-8-14-11-16/h8,10-11H,2-7,9H2,1H3,(H,15,17). The summed E-state index contributed by atoms with van der Waals surface area (Å²) in [5.41, 5.74) is 0. The molecule has 0 saturated carbocycles. The molecule has 6 nitrogen and oxygen atoms in total. The first kappa shape index (κ1) is 15.2. The van der Waals surface area contributed by atoms with Crippen molar-refractivity contribution in [3.05, 3.63) is 18.7 Å². The van der Waals surface area contributed by atoms with Crippen LogP contribution in [0.4, 0.5) is 0 Å². The summed E-state index contributed by atoms with van der Waals surface area (Å²) in [6.07, 6.45) is 7.67. The molecule has 0 unspecified atom stereocenters. The molecule has 1 rings (SSSR count). The fourth-order valence-electron chi connectivity index (χ4n) is 1.60. The lowest BCUT2D eigenvalue weighted by Gasteiger charge is -2.05. The van der Waals surface area contributed by atoms with Gasteiger partial charge in [0.15, 0.2) is 0 Å². The van der Waals surface area contributed by atoms with Crippen molar-refractivity contribution in [2.75, 3.05) is 13.2 Å². The molecule has 0 spiro atoms. The third kappa shape index (κ3) is 7.23. The van der Waals surface area contributed by atoms with Crippen molar-refractivity contribution >= 4 is 11.9 Å². The Morgan fingerprint density at radius 2 is 2.16 bits per heavy atom. The SMILES string of the molecule is CCOC(=O)CCC(=O)NCCCCn1ccnc1. The van der Waals surface area contributed by atoms with E-state index >= 15 is 0 Å². The number of ether oxygens (including phenoxy) is 1. The second-order valence-corrected chi connectivity index (χ2v) is 4.16. The minimum Gasteiger partial charge on any atom is -0.466 e. The van der Waals surface area contributed by atoms with Crippen LogP contribution in [0.5, 0.6) is 0 Å². The summed E-state index contributed by atoms with van der Waals surface area (Å²) in [6.45, 7) is 3.64. The highest BCUT2D eigenvalue weighted by Crippen LogP contribution is 1.96. The molecular formula is C13H21N3O3. The number of carbonyl (C=O) groups excluding carboxylic acids is 2. The minimum atomic E-state index is -0.322. The van der Waals surface area contributed by atoms with E-state index in [1.807, 2.05) is 10.8 Å². The largest absolute Gasteiger partial charge is 0.466 e. The van der Waals surface area contributed by atoms with Crippen LogP contribution >= 0.6 is 0 Å². The van der Waals surface area contributed by atoms with E-state index < -0.39 is 0 Å². The Kier molecular flexibility index (Phi) is 7.31. The number of unbranched alkanes of at least 4 members (excludes halogenated alkanes) is 1. The number of imidazole rings is 1. The lowest BCUT2D eigenvalue weighted by Crippen LogP contribution is -2.25. The Morgan fingerprint density at radius 1 is 1.32 bits per heavy atom. The first-order valence-electron chi connectivity index (χ1n) is 6.60. The van der Waals surface area contributed by atoms with Crippen molar-refractivity contribution in [2.45, 2.75) is 39.2 Å². The van der Waals surface area contributed by atoms with Crippen LogP contribution in [0.1, 0.15) is 32.6 Å². The molecule has 0 radical (unpaired) electrons. The van der Waals surface area contributed by atoms with Gasteiger partial charge >= 0.3 is 5.97 Å². The molecule has 0 aliphatic carbocycles. The maximum absolute atomic E-state index is 11.4. The van der Waals surface area contributed by atoms with E-state index in [1.165, 1.54) is 0 Å². The zero-order chi connectivity index (χ0) is 13.9. The van der Waals surface area contributed by atoms with Gasteiger partial charge in [0.2, 0.25) is 5.91 Å². The van der Waals surface area contributed by atoms with Crippen LogP contribution in [0.2, 0.25) is 0 Å².